The number of nitrogens with zero attached hydrogens (tertiary/aromatic N) is 3. The minimum atomic E-state index is -1.03. The molecule has 2 aromatic heterocycles. The van der Waals surface area contributed by atoms with Gasteiger partial charge in [0.2, 0.25) is 0 Å². The average Bonchev–Trinajstić information content (AvgIpc) is 3.16. The van der Waals surface area contributed by atoms with Crippen LogP contribution in [0.25, 0.3) is 38.2 Å². The van der Waals surface area contributed by atoms with Gasteiger partial charge in [-0.15, -0.1) is 0 Å². The molecule has 6 rings (SSSR count). The number of rotatable bonds is 2. The first-order valence-electron chi connectivity index (χ1n) is 9.83. The number of fused-ring (bicyclic) bond motifs is 4. The highest BCUT2D eigenvalue weighted by molar-refractivity contribution is 6.19. The van der Waals surface area contributed by atoms with Crippen LogP contribution in [0.3, 0.4) is 0 Å². The third kappa shape index (κ3) is 2.26. The number of aromatic nitrogens is 2. The number of carboxylic acid groups (broad SMARTS) is 1. The van der Waals surface area contributed by atoms with Crippen molar-refractivity contribution in [1.29, 1.82) is 0 Å². The standard InChI is InChI=1S/C23H17N3O4/c27-22-16-3-1-2-14-18(25-8-10-30-11-9-25)7-5-15(20(14)16)21-24-17-6-4-13(23(28)29)12-19(17)26(21)22/h1-7,12H,8-11H2,(H,28,29). The number of hydrogen-bond donors (Lipinski definition) is 1. The summed E-state index contributed by atoms with van der Waals surface area (Å²) in [5, 5.41) is 12.8. The Kier molecular flexibility index (Phi) is 3.52. The van der Waals surface area contributed by atoms with Crippen molar-refractivity contribution >= 4 is 49.9 Å². The summed E-state index contributed by atoms with van der Waals surface area (Å²) in [7, 11) is 0. The number of carboxylic acids is 1. The summed E-state index contributed by atoms with van der Waals surface area (Å²) >= 11 is 0. The number of carbonyl (C=O) groups is 1. The highest BCUT2D eigenvalue weighted by Gasteiger charge is 2.20. The zero-order chi connectivity index (χ0) is 20.4. The van der Waals surface area contributed by atoms with Crippen LogP contribution >= 0.6 is 0 Å². The summed E-state index contributed by atoms with van der Waals surface area (Å²) in [6, 6.07) is 14.5. The van der Waals surface area contributed by atoms with Gasteiger partial charge in [0.1, 0.15) is 5.65 Å². The second-order valence-corrected chi connectivity index (χ2v) is 7.54. The minimum absolute atomic E-state index is 0.129. The normalized spacial score (nSPS) is 15.0. The Balaban J connectivity index is 1.75. The van der Waals surface area contributed by atoms with E-state index in [1.165, 1.54) is 16.5 Å². The Hall–Kier alpha value is -3.71. The van der Waals surface area contributed by atoms with Crippen LogP contribution in [0.15, 0.2) is 53.3 Å². The molecule has 148 valence electrons. The third-order valence-electron chi connectivity index (χ3n) is 5.95. The lowest BCUT2D eigenvalue weighted by Gasteiger charge is -2.30. The van der Waals surface area contributed by atoms with E-state index in [0.717, 1.165) is 34.9 Å². The molecule has 0 aliphatic carbocycles. The van der Waals surface area contributed by atoms with E-state index in [2.05, 4.69) is 16.0 Å². The van der Waals surface area contributed by atoms with Gasteiger partial charge in [0, 0.05) is 40.3 Å². The molecule has 0 radical (unpaired) electrons. The van der Waals surface area contributed by atoms with E-state index in [1.807, 2.05) is 24.3 Å². The Labute approximate surface area is 170 Å². The number of hydrogen-bond acceptors (Lipinski definition) is 5. The molecular formula is C23H17N3O4. The van der Waals surface area contributed by atoms with E-state index in [-0.39, 0.29) is 11.1 Å². The highest BCUT2D eigenvalue weighted by Crippen LogP contribution is 2.35. The molecule has 1 fully saturated rings. The first kappa shape index (κ1) is 17.2. The van der Waals surface area contributed by atoms with Gasteiger partial charge in [-0.25, -0.2) is 9.78 Å². The van der Waals surface area contributed by atoms with Gasteiger partial charge in [0.05, 0.1) is 29.8 Å². The number of benzene rings is 3. The number of pyridine rings is 1. The largest absolute Gasteiger partial charge is 0.478 e. The molecule has 7 heteroatoms. The van der Waals surface area contributed by atoms with Gasteiger partial charge in [0.15, 0.2) is 0 Å². The molecule has 1 saturated heterocycles. The molecule has 0 amide bonds. The topological polar surface area (TPSA) is 84.1 Å². The van der Waals surface area contributed by atoms with Crippen molar-refractivity contribution in [3.05, 3.63) is 64.4 Å². The minimum Gasteiger partial charge on any atom is -0.478 e. The van der Waals surface area contributed by atoms with Crippen LogP contribution in [0.1, 0.15) is 10.4 Å². The van der Waals surface area contributed by atoms with Crippen LogP contribution in [0.5, 0.6) is 0 Å². The molecule has 0 unspecified atom stereocenters. The smallest absolute Gasteiger partial charge is 0.335 e. The van der Waals surface area contributed by atoms with Crippen LogP contribution in [-0.4, -0.2) is 46.8 Å². The Bertz CT molecular complexity index is 1530. The number of morpholine rings is 1. The van der Waals surface area contributed by atoms with E-state index in [1.54, 1.807) is 6.07 Å². The number of ether oxygens (including phenoxy) is 1. The highest BCUT2D eigenvalue weighted by atomic mass is 16.5. The van der Waals surface area contributed by atoms with Crippen molar-refractivity contribution in [3.8, 4) is 0 Å². The first-order valence-corrected chi connectivity index (χ1v) is 9.83. The molecule has 3 aromatic carbocycles. The van der Waals surface area contributed by atoms with Gasteiger partial charge >= 0.3 is 5.97 Å². The van der Waals surface area contributed by atoms with Crippen molar-refractivity contribution < 1.29 is 14.6 Å². The fourth-order valence-corrected chi connectivity index (χ4v) is 4.55. The molecule has 0 atom stereocenters. The molecule has 30 heavy (non-hydrogen) atoms. The van der Waals surface area contributed by atoms with Gasteiger partial charge in [-0.1, -0.05) is 12.1 Å². The Morgan fingerprint density at radius 1 is 1.00 bits per heavy atom. The number of aromatic carboxylic acids is 1. The van der Waals surface area contributed by atoms with Crippen LogP contribution in [0, 0.1) is 0 Å². The summed E-state index contributed by atoms with van der Waals surface area (Å²) in [6.45, 7) is 2.99. The molecule has 0 spiro atoms. The van der Waals surface area contributed by atoms with Crippen LogP contribution in [0.2, 0.25) is 0 Å². The number of imidazole rings is 1. The molecule has 1 aliphatic heterocycles. The van der Waals surface area contributed by atoms with Crippen molar-refractivity contribution in [1.82, 2.24) is 9.38 Å². The molecule has 1 N–H and O–H groups in total. The zero-order valence-electron chi connectivity index (χ0n) is 16.0. The summed E-state index contributed by atoms with van der Waals surface area (Å²) in [6.07, 6.45) is 0. The lowest BCUT2D eigenvalue weighted by atomic mass is 10.00. The Morgan fingerprint density at radius 3 is 2.60 bits per heavy atom. The van der Waals surface area contributed by atoms with Gasteiger partial charge in [0.25, 0.3) is 5.56 Å². The summed E-state index contributed by atoms with van der Waals surface area (Å²) in [4.78, 5) is 31.9. The van der Waals surface area contributed by atoms with Gasteiger partial charge in [-0.2, -0.15) is 0 Å². The molecule has 5 aromatic rings. The van der Waals surface area contributed by atoms with Gasteiger partial charge in [-0.3, -0.25) is 9.20 Å². The van der Waals surface area contributed by atoms with E-state index in [4.69, 9.17) is 4.74 Å². The quantitative estimate of drug-likeness (QED) is 0.491. The zero-order valence-corrected chi connectivity index (χ0v) is 16.0. The van der Waals surface area contributed by atoms with Crippen LogP contribution < -0.4 is 10.5 Å². The summed E-state index contributed by atoms with van der Waals surface area (Å²) in [5.41, 5.74) is 2.69. The lowest BCUT2D eigenvalue weighted by molar-refractivity contribution is 0.0697. The maximum absolute atomic E-state index is 13.5. The number of anilines is 1. The predicted octanol–water partition coefficient (Wildman–Crippen LogP) is 3.13. The molecule has 1 aliphatic rings. The van der Waals surface area contributed by atoms with Crippen LogP contribution in [-0.2, 0) is 4.74 Å². The first-order chi connectivity index (χ1) is 14.6. The fourth-order valence-electron chi connectivity index (χ4n) is 4.55. The van der Waals surface area contributed by atoms with E-state index in [0.29, 0.717) is 35.3 Å². The van der Waals surface area contributed by atoms with Gasteiger partial charge < -0.3 is 14.7 Å². The third-order valence-corrected chi connectivity index (χ3v) is 5.95. The Morgan fingerprint density at radius 2 is 1.80 bits per heavy atom. The summed E-state index contributed by atoms with van der Waals surface area (Å²) in [5.74, 6) is -1.03. The second kappa shape index (κ2) is 6.14. The van der Waals surface area contributed by atoms with Crippen molar-refractivity contribution in [2.75, 3.05) is 31.2 Å². The average molecular weight is 399 g/mol. The fraction of sp³-hybridized carbons (Fsp3) is 0.174. The maximum atomic E-state index is 13.5. The van der Waals surface area contributed by atoms with Crippen LogP contribution in [0.4, 0.5) is 5.69 Å². The van der Waals surface area contributed by atoms with E-state index >= 15 is 0 Å². The van der Waals surface area contributed by atoms with Gasteiger partial charge in [-0.05, 0) is 36.4 Å². The molecule has 3 heterocycles. The van der Waals surface area contributed by atoms with Crippen molar-refractivity contribution in [2.45, 2.75) is 0 Å². The molecule has 0 saturated carbocycles. The van der Waals surface area contributed by atoms with Crippen molar-refractivity contribution in [3.63, 3.8) is 0 Å². The van der Waals surface area contributed by atoms with E-state index in [9.17, 15) is 14.7 Å². The summed E-state index contributed by atoms with van der Waals surface area (Å²) < 4.78 is 7.02. The van der Waals surface area contributed by atoms with Crippen molar-refractivity contribution in [2.24, 2.45) is 0 Å². The lowest BCUT2D eigenvalue weighted by Crippen LogP contribution is -2.36. The SMILES string of the molecule is O=C(O)c1ccc2nc3c4ccc(N5CCOCC5)c5cccc(c(=O)n3c2c1)c54. The monoisotopic (exact) mass is 399 g/mol. The van der Waals surface area contributed by atoms with E-state index < -0.39 is 5.97 Å². The molecule has 0 bridgehead atoms. The predicted molar refractivity (Wildman–Crippen MR) is 115 cm³/mol. The second-order valence-electron chi connectivity index (χ2n) is 7.54. The molecular weight excluding hydrogens is 382 g/mol. The maximum Gasteiger partial charge on any atom is 0.335 e. The molecule has 7 nitrogen and oxygen atoms in total.